The van der Waals surface area contributed by atoms with E-state index < -0.39 is 5.92 Å². The fraction of sp³-hybridized carbons (Fsp3) is 0.364. The van der Waals surface area contributed by atoms with Crippen molar-refractivity contribution in [3.8, 4) is 0 Å². The molecule has 1 fully saturated rings. The maximum atomic E-state index is 11.8. The highest BCUT2D eigenvalue weighted by Crippen LogP contribution is 2.24. The summed E-state index contributed by atoms with van der Waals surface area (Å²) in [5.41, 5.74) is 0.770. The molecule has 0 aliphatic carbocycles. The molecule has 0 bridgehead atoms. The molecule has 0 N–H and O–H groups in total. The van der Waals surface area contributed by atoms with Crippen molar-refractivity contribution in [1.82, 2.24) is 4.98 Å². The highest BCUT2D eigenvalue weighted by molar-refractivity contribution is 6.09. The number of hydrogen-bond donors (Lipinski definition) is 0. The van der Waals surface area contributed by atoms with E-state index in [-0.39, 0.29) is 11.7 Å². The molecule has 2 rings (SSSR count). The van der Waals surface area contributed by atoms with Gasteiger partial charge < -0.3 is 4.90 Å². The second kappa shape index (κ2) is 3.81. The van der Waals surface area contributed by atoms with Gasteiger partial charge in [-0.2, -0.15) is 0 Å². The molecule has 1 aromatic heterocycles. The van der Waals surface area contributed by atoms with E-state index in [1.807, 2.05) is 6.07 Å². The molecule has 1 amide bonds. The molecule has 0 saturated carbocycles. The van der Waals surface area contributed by atoms with Crippen LogP contribution in [0.25, 0.3) is 0 Å². The third-order valence-corrected chi connectivity index (χ3v) is 2.65. The van der Waals surface area contributed by atoms with Crippen LogP contribution in [0.15, 0.2) is 24.5 Å². The maximum absolute atomic E-state index is 11.8. The molecule has 4 nitrogen and oxygen atoms in total. The van der Waals surface area contributed by atoms with Crippen molar-refractivity contribution in [2.45, 2.75) is 13.3 Å². The van der Waals surface area contributed by atoms with Gasteiger partial charge in [0.2, 0.25) is 5.91 Å². The Kier molecular flexibility index (Phi) is 2.49. The van der Waals surface area contributed by atoms with Crippen LogP contribution < -0.4 is 4.90 Å². The van der Waals surface area contributed by atoms with Gasteiger partial charge in [0.1, 0.15) is 5.78 Å². The number of hydrogen-bond acceptors (Lipinski definition) is 3. The van der Waals surface area contributed by atoms with Gasteiger partial charge in [0, 0.05) is 12.7 Å². The van der Waals surface area contributed by atoms with Crippen LogP contribution in [0.4, 0.5) is 5.69 Å². The lowest BCUT2D eigenvalue weighted by atomic mass is 10.0. The number of nitrogens with zero attached hydrogens (tertiary/aromatic N) is 2. The molecule has 4 heteroatoms. The average Bonchev–Trinajstić information content (AvgIpc) is 2.61. The van der Waals surface area contributed by atoms with Crippen LogP contribution in [0.3, 0.4) is 0 Å². The third kappa shape index (κ3) is 1.75. The molecule has 2 heterocycles. The van der Waals surface area contributed by atoms with Crippen molar-refractivity contribution in [2.24, 2.45) is 5.92 Å². The number of rotatable bonds is 2. The summed E-state index contributed by atoms with van der Waals surface area (Å²) in [6.07, 6.45) is 3.91. The minimum Gasteiger partial charge on any atom is -0.310 e. The third-order valence-electron chi connectivity index (χ3n) is 2.65. The first-order chi connectivity index (χ1) is 7.20. The molecule has 0 spiro atoms. The van der Waals surface area contributed by atoms with Crippen LogP contribution in [0.2, 0.25) is 0 Å². The molecule has 0 aromatic carbocycles. The normalized spacial score (nSPS) is 20.7. The Hall–Kier alpha value is -1.71. The van der Waals surface area contributed by atoms with Crippen LogP contribution in [0.5, 0.6) is 0 Å². The Morgan fingerprint density at radius 3 is 2.93 bits per heavy atom. The van der Waals surface area contributed by atoms with Gasteiger partial charge in [0.05, 0.1) is 17.8 Å². The number of aromatic nitrogens is 1. The first-order valence-electron chi connectivity index (χ1n) is 4.92. The second-order valence-electron chi connectivity index (χ2n) is 3.65. The Morgan fingerprint density at radius 2 is 2.40 bits per heavy atom. The van der Waals surface area contributed by atoms with Crippen molar-refractivity contribution in [3.63, 3.8) is 0 Å². The quantitative estimate of drug-likeness (QED) is 0.676. The number of carbonyl (C=O) groups excluding carboxylic acids is 2. The predicted octanol–water partition coefficient (Wildman–Crippen LogP) is 1.02. The minimum absolute atomic E-state index is 0.0496. The van der Waals surface area contributed by atoms with Crippen LogP contribution in [0, 0.1) is 5.92 Å². The van der Waals surface area contributed by atoms with Crippen molar-refractivity contribution in [1.29, 1.82) is 0 Å². The van der Waals surface area contributed by atoms with Gasteiger partial charge in [-0.1, -0.05) is 0 Å². The van der Waals surface area contributed by atoms with Gasteiger partial charge in [0.25, 0.3) is 0 Å². The van der Waals surface area contributed by atoms with E-state index in [4.69, 9.17) is 0 Å². The first kappa shape index (κ1) is 9.83. The summed E-state index contributed by atoms with van der Waals surface area (Å²) in [4.78, 5) is 28.6. The Balaban J connectivity index is 2.21. The number of amides is 1. The van der Waals surface area contributed by atoms with Gasteiger partial charge >= 0.3 is 0 Å². The largest absolute Gasteiger partial charge is 0.310 e. The average molecular weight is 204 g/mol. The molecule has 1 aromatic rings. The maximum Gasteiger partial charge on any atom is 0.237 e. The number of ketones is 1. The monoisotopic (exact) mass is 204 g/mol. The summed E-state index contributed by atoms with van der Waals surface area (Å²) >= 11 is 0. The van der Waals surface area contributed by atoms with Gasteiger partial charge in [-0.25, -0.2) is 0 Å². The summed E-state index contributed by atoms with van der Waals surface area (Å²) < 4.78 is 0. The summed E-state index contributed by atoms with van der Waals surface area (Å²) in [6.45, 7) is 2.07. The molecule has 1 aliphatic rings. The standard InChI is InChI=1S/C11H12N2O2/c1-8(14)10-4-6-13(11(10)15)9-3-2-5-12-7-9/h2-3,5,7,10H,4,6H2,1H3. The molecule has 15 heavy (non-hydrogen) atoms. The first-order valence-corrected chi connectivity index (χ1v) is 4.92. The second-order valence-corrected chi connectivity index (χ2v) is 3.65. The molecule has 78 valence electrons. The van der Waals surface area contributed by atoms with E-state index >= 15 is 0 Å². The van der Waals surface area contributed by atoms with Gasteiger partial charge in [-0.15, -0.1) is 0 Å². The highest BCUT2D eigenvalue weighted by Gasteiger charge is 2.35. The lowest BCUT2D eigenvalue weighted by Crippen LogP contribution is -2.29. The van der Waals surface area contributed by atoms with Crippen LogP contribution in [-0.4, -0.2) is 23.2 Å². The SMILES string of the molecule is CC(=O)C1CCN(c2cccnc2)C1=O. The van der Waals surface area contributed by atoms with Crippen LogP contribution in [0.1, 0.15) is 13.3 Å². The van der Waals surface area contributed by atoms with Crippen LogP contribution >= 0.6 is 0 Å². The van der Waals surface area contributed by atoms with Gasteiger partial charge in [-0.05, 0) is 25.5 Å². The van der Waals surface area contributed by atoms with E-state index in [1.54, 1.807) is 23.4 Å². The number of anilines is 1. The van der Waals surface area contributed by atoms with E-state index in [0.29, 0.717) is 13.0 Å². The zero-order chi connectivity index (χ0) is 10.8. The Morgan fingerprint density at radius 1 is 1.60 bits per heavy atom. The molecule has 1 saturated heterocycles. The van der Waals surface area contributed by atoms with E-state index in [1.165, 1.54) is 6.92 Å². The smallest absolute Gasteiger partial charge is 0.237 e. The number of Topliss-reactive ketones (excluding diaryl/α,β-unsaturated/α-hetero) is 1. The lowest BCUT2D eigenvalue weighted by Gasteiger charge is -2.15. The minimum atomic E-state index is -0.454. The summed E-state index contributed by atoms with van der Waals surface area (Å²) in [5, 5.41) is 0. The molecule has 0 radical (unpaired) electrons. The van der Waals surface area contributed by atoms with E-state index in [2.05, 4.69) is 4.98 Å². The van der Waals surface area contributed by atoms with Crippen molar-refractivity contribution >= 4 is 17.4 Å². The Bertz CT molecular complexity index is 389. The predicted molar refractivity (Wildman–Crippen MR) is 55.4 cm³/mol. The molecular formula is C11H12N2O2. The lowest BCUT2D eigenvalue weighted by molar-refractivity contribution is -0.129. The van der Waals surface area contributed by atoms with E-state index in [0.717, 1.165) is 5.69 Å². The molecular weight excluding hydrogens is 192 g/mol. The number of pyridine rings is 1. The van der Waals surface area contributed by atoms with E-state index in [9.17, 15) is 9.59 Å². The number of carbonyl (C=O) groups is 2. The van der Waals surface area contributed by atoms with Crippen molar-refractivity contribution < 1.29 is 9.59 Å². The Labute approximate surface area is 87.9 Å². The highest BCUT2D eigenvalue weighted by atomic mass is 16.2. The van der Waals surface area contributed by atoms with Crippen LogP contribution in [-0.2, 0) is 9.59 Å². The molecule has 1 atom stereocenters. The fourth-order valence-corrected chi connectivity index (χ4v) is 1.83. The summed E-state index contributed by atoms with van der Waals surface area (Å²) in [5.74, 6) is -0.605. The zero-order valence-corrected chi connectivity index (χ0v) is 8.51. The molecule has 1 aliphatic heterocycles. The van der Waals surface area contributed by atoms with Crippen molar-refractivity contribution in [2.75, 3.05) is 11.4 Å². The summed E-state index contributed by atoms with van der Waals surface area (Å²) in [7, 11) is 0. The summed E-state index contributed by atoms with van der Waals surface area (Å²) in [6, 6.07) is 3.61. The topological polar surface area (TPSA) is 50.3 Å². The van der Waals surface area contributed by atoms with Crippen molar-refractivity contribution in [3.05, 3.63) is 24.5 Å². The van der Waals surface area contributed by atoms with Gasteiger partial charge in [0.15, 0.2) is 0 Å². The van der Waals surface area contributed by atoms with Gasteiger partial charge in [-0.3, -0.25) is 14.6 Å². The molecule has 1 unspecified atom stereocenters. The zero-order valence-electron chi connectivity index (χ0n) is 8.51. The fourth-order valence-electron chi connectivity index (χ4n) is 1.83.